The van der Waals surface area contributed by atoms with E-state index in [2.05, 4.69) is 48.6 Å². The summed E-state index contributed by atoms with van der Waals surface area (Å²) in [7, 11) is 2.11. The van der Waals surface area contributed by atoms with Crippen molar-refractivity contribution in [2.75, 3.05) is 18.9 Å². The van der Waals surface area contributed by atoms with Crippen LogP contribution in [0, 0.1) is 11.2 Å². The molecule has 0 saturated carbocycles. The number of hydrogen-bond donors (Lipinski definition) is 0. The molecule has 1 atom stereocenters. The summed E-state index contributed by atoms with van der Waals surface area (Å²) in [6.45, 7) is 7.57. The van der Waals surface area contributed by atoms with E-state index >= 15 is 0 Å². The minimum absolute atomic E-state index is 0.0957. The van der Waals surface area contributed by atoms with Crippen LogP contribution in [0.2, 0.25) is 0 Å². The van der Waals surface area contributed by atoms with Crippen molar-refractivity contribution in [2.45, 2.75) is 52.5 Å². The third kappa shape index (κ3) is 5.07. The lowest BCUT2D eigenvalue weighted by Gasteiger charge is -2.38. The summed E-state index contributed by atoms with van der Waals surface area (Å²) in [5, 5.41) is 1.01. The molecule has 0 aliphatic carbocycles. The molecule has 1 unspecified atom stereocenters. The molecule has 1 rings (SSSR count). The van der Waals surface area contributed by atoms with Crippen LogP contribution in [0.5, 0.6) is 0 Å². The Bertz CT molecular complexity index is 415. The van der Waals surface area contributed by atoms with Crippen LogP contribution in [-0.2, 0) is 0 Å². The lowest BCUT2D eigenvalue weighted by atomic mass is 9.80. The zero-order valence-corrected chi connectivity index (χ0v) is 15.4. The van der Waals surface area contributed by atoms with Gasteiger partial charge in [-0.05, 0) is 38.3 Å². The molecular formula is C18H29BrFN. The van der Waals surface area contributed by atoms with Crippen LogP contribution in [0.1, 0.15) is 58.1 Å². The van der Waals surface area contributed by atoms with E-state index in [4.69, 9.17) is 0 Å². The zero-order valence-electron chi connectivity index (χ0n) is 13.8. The number of alkyl halides is 1. The summed E-state index contributed by atoms with van der Waals surface area (Å²) >= 11 is 3.72. The lowest BCUT2D eigenvalue weighted by molar-refractivity contribution is 0.138. The Kier molecular flexibility index (Phi) is 7.89. The van der Waals surface area contributed by atoms with Gasteiger partial charge in [-0.15, -0.1) is 0 Å². The molecular weight excluding hydrogens is 329 g/mol. The van der Waals surface area contributed by atoms with Gasteiger partial charge in [0.1, 0.15) is 5.82 Å². The molecule has 0 spiro atoms. The fourth-order valence-electron chi connectivity index (χ4n) is 3.24. The number of nitrogens with zero attached hydrogens (tertiary/aromatic N) is 1. The summed E-state index contributed by atoms with van der Waals surface area (Å²) in [6, 6.07) is 7.21. The second-order valence-corrected chi connectivity index (χ2v) is 6.81. The maximum Gasteiger partial charge on any atom is 0.127 e. The molecule has 0 aromatic heterocycles. The fourth-order valence-corrected chi connectivity index (χ4v) is 3.98. The molecule has 0 aliphatic rings. The van der Waals surface area contributed by atoms with Gasteiger partial charge in [-0.3, -0.25) is 4.90 Å². The predicted molar refractivity (Wildman–Crippen MR) is 93.5 cm³/mol. The van der Waals surface area contributed by atoms with Gasteiger partial charge in [-0.2, -0.15) is 0 Å². The first-order valence-electron chi connectivity index (χ1n) is 8.00. The molecule has 0 bridgehead atoms. The first-order valence-corrected chi connectivity index (χ1v) is 9.12. The molecule has 0 aliphatic heterocycles. The molecule has 3 heteroatoms. The van der Waals surface area contributed by atoms with E-state index in [0.29, 0.717) is 0 Å². The normalized spacial score (nSPS) is 13.7. The first-order chi connectivity index (χ1) is 9.99. The van der Waals surface area contributed by atoms with Crippen molar-refractivity contribution in [2.24, 2.45) is 5.41 Å². The highest BCUT2D eigenvalue weighted by molar-refractivity contribution is 9.09. The molecule has 0 saturated heterocycles. The lowest BCUT2D eigenvalue weighted by Crippen LogP contribution is -2.38. The standard InChI is InChI=1S/C18H29BrFN/c1-5-11-18(13-19,12-6-2)14-21(4)15(3)16-9-7-8-10-17(16)20/h7-10,15H,5-6,11-14H2,1-4H3. The summed E-state index contributed by atoms with van der Waals surface area (Å²) in [4.78, 5) is 2.30. The van der Waals surface area contributed by atoms with E-state index in [-0.39, 0.29) is 17.3 Å². The van der Waals surface area contributed by atoms with E-state index < -0.39 is 0 Å². The highest BCUT2D eigenvalue weighted by atomic mass is 79.9. The fraction of sp³-hybridized carbons (Fsp3) is 0.667. The minimum atomic E-state index is -0.104. The van der Waals surface area contributed by atoms with E-state index in [9.17, 15) is 4.39 Å². The van der Waals surface area contributed by atoms with E-state index in [1.54, 1.807) is 12.1 Å². The number of hydrogen-bond acceptors (Lipinski definition) is 1. The van der Waals surface area contributed by atoms with Crippen LogP contribution in [0.4, 0.5) is 4.39 Å². The molecule has 1 aromatic carbocycles. The van der Waals surface area contributed by atoms with Crippen LogP contribution in [0.3, 0.4) is 0 Å². The summed E-state index contributed by atoms with van der Waals surface area (Å²) < 4.78 is 14.0. The van der Waals surface area contributed by atoms with Gasteiger partial charge in [0.05, 0.1) is 0 Å². The third-order valence-corrected chi connectivity index (χ3v) is 5.63. The van der Waals surface area contributed by atoms with Gasteiger partial charge in [0.25, 0.3) is 0 Å². The Morgan fingerprint density at radius 3 is 2.24 bits per heavy atom. The largest absolute Gasteiger partial charge is 0.299 e. The monoisotopic (exact) mass is 357 g/mol. The van der Waals surface area contributed by atoms with Gasteiger partial charge in [0.15, 0.2) is 0 Å². The molecule has 0 fully saturated rings. The van der Waals surface area contributed by atoms with E-state index in [1.165, 1.54) is 25.7 Å². The van der Waals surface area contributed by atoms with Gasteiger partial charge < -0.3 is 0 Å². The van der Waals surface area contributed by atoms with Crippen molar-refractivity contribution in [3.05, 3.63) is 35.6 Å². The van der Waals surface area contributed by atoms with Crippen molar-refractivity contribution in [3.8, 4) is 0 Å². The van der Waals surface area contributed by atoms with Crippen molar-refractivity contribution in [1.29, 1.82) is 0 Å². The van der Waals surface area contributed by atoms with Gasteiger partial charge >= 0.3 is 0 Å². The highest BCUT2D eigenvalue weighted by Gasteiger charge is 2.30. The Morgan fingerprint density at radius 2 is 1.76 bits per heavy atom. The average Bonchev–Trinajstić information content (AvgIpc) is 2.47. The Hall–Kier alpha value is -0.410. The van der Waals surface area contributed by atoms with Crippen LogP contribution in [0.25, 0.3) is 0 Å². The quantitative estimate of drug-likeness (QED) is 0.504. The Labute approximate surface area is 138 Å². The zero-order chi connectivity index (χ0) is 15.9. The van der Waals surface area contributed by atoms with Crippen molar-refractivity contribution >= 4 is 15.9 Å². The molecule has 1 nitrogen and oxygen atoms in total. The van der Waals surface area contributed by atoms with Crippen LogP contribution in [0.15, 0.2) is 24.3 Å². The SMILES string of the molecule is CCCC(CBr)(CCC)CN(C)C(C)c1ccccc1F. The third-order valence-electron chi connectivity index (χ3n) is 4.45. The molecule has 120 valence electrons. The predicted octanol–water partition coefficient (Wildman–Crippen LogP) is 5.80. The van der Waals surface area contributed by atoms with Crippen LogP contribution >= 0.6 is 15.9 Å². The second-order valence-electron chi connectivity index (χ2n) is 6.25. The van der Waals surface area contributed by atoms with E-state index in [0.717, 1.165) is 17.4 Å². The molecule has 0 amide bonds. The summed E-state index contributed by atoms with van der Waals surface area (Å²) in [5.74, 6) is -0.104. The van der Waals surface area contributed by atoms with Crippen LogP contribution < -0.4 is 0 Å². The minimum Gasteiger partial charge on any atom is -0.299 e. The Balaban J connectivity index is 2.86. The van der Waals surface area contributed by atoms with E-state index in [1.807, 2.05) is 12.1 Å². The molecule has 1 aromatic rings. The van der Waals surface area contributed by atoms with Crippen LogP contribution in [-0.4, -0.2) is 23.8 Å². The maximum absolute atomic E-state index is 14.0. The number of halogens is 2. The van der Waals surface area contributed by atoms with Gasteiger partial charge in [-0.25, -0.2) is 4.39 Å². The summed E-state index contributed by atoms with van der Waals surface area (Å²) in [5.41, 5.74) is 1.08. The van der Waals surface area contributed by atoms with Gasteiger partial charge in [0.2, 0.25) is 0 Å². The first kappa shape index (κ1) is 18.6. The topological polar surface area (TPSA) is 3.24 Å². The molecule has 0 N–H and O–H groups in total. The molecule has 21 heavy (non-hydrogen) atoms. The number of rotatable bonds is 9. The van der Waals surface area contributed by atoms with Crippen molar-refractivity contribution in [1.82, 2.24) is 4.90 Å². The second kappa shape index (κ2) is 8.89. The molecule has 0 heterocycles. The smallest absolute Gasteiger partial charge is 0.127 e. The summed E-state index contributed by atoms with van der Waals surface area (Å²) in [6.07, 6.45) is 4.79. The number of benzene rings is 1. The Morgan fingerprint density at radius 1 is 1.19 bits per heavy atom. The van der Waals surface area contributed by atoms with Crippen molar-refractivity contribution in [3.63, 3.8) is 0 Å². The van der Waals surface area contributed by atoms with Gasteiger partial charge in [-0.1, -0.05) is 60.8 Å². The van der Waals surface area contributed by atoms with Gasteiger partial charge in [0, 0.05) is 23.5 Å². The highest BCUT2D eigenvalue weighted by Crippen LogP contribution is 2.35. The maximum atomic E-state index is 14.0. The molecule has 0 radical (unpaired) electrons. The average molecular weight is 358 g/mol. The van der Waals surface area contributed by atoms with Crippen molar-refractivity contribution < 1.29 is 4.39 Å².